The Hall–Kier alpha value is -3.43. The van der Waals surface area contributed by atoms with Crippen LogP contribution in [0.1, 0.15) is 26.5 Å². The quantitative estimate of drug-likeness (QED) is 0.474. The van der Waals surface area contributed by atoms with Gasteiger partial charge in [0.2, 0.25) is 0 Å². The first-order chi connectivity index (χ1) is 13.1. The molecule has 4 aromatic rings. The third kappa shape index (κ3) is 2.88. The molecule has 132 valence electrons. The van der Waals surface area contributed by atoms with E-state index in [1.54, 1.807) is 12.3 Å². The highest BCUT2D eigenvalue weighted by molar-refractivity contribution is 7.17. The number of aromatic nitrogens is 2. The number of aromatic amines is 1. The summed E-state index contributed by atoms with van der Waals surface area (Å²) in [4.78, 5) is 20.2. The highest BCUT2D eigenvalue weighted by atomic mass is 32.1. The summed E-state index contributed by atoms with van der Waals surface area (Å²) >= 11 is 1.39. The van der Waals surface area contributed by atoms with Gasteiger partial charge in [-0.25, -0.2) is 0 Å². The van der Waals surface area contributed by atoms with Gasteiger partial charge in [-0.05, 0) is 49.7 Å². The van der Waals surface area contributed by atoms with Crippen molar-refractivity contribution >= 4 is 39.9 Å². The number of rotatable bonds is 4. The number of nitrogens with one attached hydrogen (secondary N) is 2. The summed E-state index contributed by atoms with van der Waals surface area (Å²) in [5.74, 6) is 0. The molecular formula is C21H16N4OS. The van der Waals surface area contributed by atoms with E-state index in [9.17, 15) is 10.1 Å². The zero-order valence-electron chi connectivity index (χ0n) is 14.8. The van der Waals surface area contributed by atoms with Crippen LogP contribution in [0.3, 0.4) is 0 Å². The van der Waals surface area contributed by atoms with Crippen LogP contribution in [0, 0.1) is 25.2 Å². The van der Waals surface area contributed by atoms with E-state index in [1.165, 1.54) is 11.3 Å². The molecule has 0 aliphatic heterocycles. The summed E-state index contributed by atoms with van der Waals surface area (Å²) < 4.78 is 0. The lowest BCUT2D eigenvalue weighted by atomic mass is 10.0. The number of benzene rings is 1. The van der Waals surface area contributed by atoms with Gasteiger partial charge in [-0.3, -0.25) is 9.78 Å². The summed E-state index contributed by atoms with van der Waals surface area (Å²) in [6.45, 7) is 3.96. The number of aldehydes is 1. The maximum Gasteiger partial charge on any atom is 0.160 e. The molecule has 3 heterocycles. The normalized spacial score (nSPS) is 10.7. The molecule has 0 bridgehead atoms. The molecule has 0 spiro atoms. The minimum absolute atomic E-state index is 0.463. The summed E-state index contributed by atoms with van der Waals surface area (Å²) in [5.41, 5.74) is 5.92. The number of anilines is 2. The predicted molar refractivity (Wildman–Crippen MR) is 109 cm³/mol. The highest BCUT2D eigenvalue weighted by Crippen LogP contribution is 2.39. The van der Waals surface area contributed by atoms with Gasteiger partial charge in [0, 0.05) is 45.1 Å². The van der Waals surface area contributed by atoms with Crippen molar-refractivity contribution in [2.24, 2.45) is 0 Å². The Morgan fingerprint density at radius 3 is 2.81 bits per heavy atom. The molecule has 0 saturated carbocycles. The second-order valence-electron chi connectivity index (χ2n) is 6.24. The van der Waals surface area contributed by atoms with Gasteiger partial charge < -0.3 is 10.3 Å². The van der Waals surface area contributed by atoms with Crippen LogP contribution < -0.4 is 5.32 Å². The molecule has 0 radical (unpaired) electrons. The van der Waals surface area contributed by atoms with Crippen LogP contribution in [0.4, 0.5) is 11.4 Å². The average molecular weight is 372 g/mol. The van der Waals surface area contributed by atoms with E-state index in [0.717, 1.165) is 44.6 Å². The number of hydrogen-bond acceptors (Lipinski definition) is 5. The molecular weight excluding hydrogens is 356 g/mol. The zero-order valence-corrected chi connectivity index (χ0v) is 15.6. The molecule has 27 heavy (non-hydrogen) atoms. The van der Waals surface area contributed by atoms with Crippen molar-refractivity contribution in [3.63, 3.8) is 0 Å². The Bertz CT molecular complexity index is 1210. The van der Waals surface area contributed by atoms with E-state index >= 15 is 0 Å². The lowest BCUT2D eigenvalue weighted by Gasteiger charge is -2.16. The molecule has 0 aliphatic carbocycles. The minimum atomic E-state index is 0.463. The molecule has 4 rings (SSSR count). The van der Waals surface area contributed by atoms with Crippen molar-refractivity contribution in [1.29, 1.82) is 5.26 Å². The summed E-state index contributed by atoms with van der Waals surface area (Å²) in [7, 11) is 0. The van der Waals surface area contributed by atoms with Crippen molar-refractivity contribution < 1.29 is 4.79 Å². The van der Waals surface area contributed by atoms with E-state index in [4.69, 9.17) is 0 Å². The zero-order chi connectivity index (χ0) is 19.0. The van der Waals surface area contributed by atoms with Gasteiger partial charge >= 0.3 is 0 Å². The maximum absolute atomic E-state index is 11.1. The molecule has 0 saturated heterocycles. The summed E-state index contributed by atoms with van der Waals surface area (Å²) in [5, 5.41) is 14.2. The first-order valence-corrected chi connectivity index (χ1v) is 9.23. The van der Waals surface area contributed by atoms with Crippen molar-refractivity contribution in [2.45, 2.75) is 13.8 Å². The van der Waals surface area contributed by atoms with Crippen LogP contribution in [0.25, 0.3) is 21.3 Å². The average Bonchev–Trinajstić information content (AvgIpc) is 3.34. The molecule has 0 amide bonds. The molecule has 2 N–H and O–H groups in total. The van der Waals surface area contributed by atoms with Crippen LogP contribution in [0.2, 0.25) is 0 Å². The van der Waals surface area contributed by atoms with E-state index in [2.05, 4.69) is 21.4 Å². The topological polar surface area (TPSA) is 81.6 Å². The van der Waals surface area contributed by atoms with Crippen molar-refractivity contribution in [1.82, 2.24) is 9.97 Å². The Morgan fingerprint density at radius 2 is 2.07 bits per heavy atom. The molecule has 0 aliphatic rings. The highest BCUT2D eigenvalue weighted by Gasteiger charge is 2.17. The van der Waals surface area contributed by atoms with Crippen molar-refractivity contribution in [3.05, 3.63) is 64.4 Å². The number of carbonyl (C=O) groups excluding carboxylic acids is 1. The fourth-order valence-corrected chi connectivity index (χ4v) is 4.15. The summed E-state index contributed by atoms with van der Waals surface area (Å²) in [6.07, 6.45) is 4.33. The number of thiophene rings is 1. The van der Waals surface area contributed by atoms with Crippen LogP contribution in [0.15, 0.2) is 42.7 Å². The largest absolute Gasteiger partial charge is 0.361 e. The Balaban J connectivity index is 1.90. The van der Waals surface area contributed by atoms with Gasteiger partial charge in [0.05, 0.1) is 16.1 Å². The first-order valence-electron chi connectivity index (χ1n) is 8.41. The Morgan fingerprint density at radius 1 is 1.22 bits per heavy atom. The lowest BCUT2D eigenvalue weighted by Crippen LogP contribution is -2.01. The maximum atomic E-state index is 11.1. The van der Waals surface area contributed by atoms with Crippen LogP contribution in [0.5, 0.6) is 0 Å². The molecule has 0 unspecified atom stereocenters. The van der Waals surface area contributed by atoms with Gasteiger partial charge in [-0.15, -0.1) is 11.3 Å². The number of nitrogens with zero attached hydrogens (tertiary/aromatic N) is 2. The molecule has 1 aromatic carbocycles. The first kappa shape index (κ1) is 17.0. The molecule has 0 atom stereocenters. The smallest absolute Gasteiger partial charge is 0.160 e. The number of pyridine rings is 1. The van der Waals surface area contributed by atoms with Crippen molar-refractivity contribution in [2.75, 3.05) is 5.32 Å². The van der Waals surface area contributed by atoms with E-state index < -0.39 is 0 Å². The summed E-state index contributed by atoms with van der Waals surface area (Å²) in [6, 6.07) is 12.0. The second kappa shape index (κ2) is 6.71. The second-order valence-corrected chi connectivity index (χ2v) is 7.36. The lowest BCUT2D eigenvalue weighted by molar-refractivity contribution is 0.112. The molecule has 3 aromatic heterocycles. The van der Waals surface area contributed by atoms with Crippen molar-refractivity contribution in [3.8, 4) is 16.5 Å². The monoisotopic (exact) mass is 372 g/mol. The SMILES string of the molecule is Cc1ncc(C#N)c(Nc2ccc3[nH]ccc3c2C)c1-c1ccc(C=O)s1. The van der Waals surface area contributed by atoms with E-state index in [0.29, 0.717) is 16.1 Å². The molecule has 6 heteroatoms. The standard InChI is InChI=1S/C21H16N4OS/c1-12-16-7-8-23-18(16)5-4-17(12)25-21-14(9-22)10-24-13(2)20(21)19-6-3-15(11-26)27-19/h3-8,10-11,23H,1-2H3,(H,24,25). The van der Waals surface area contributed by atoms with Crippen LogP contribution in [-0.2, 0) is 0 Å². The van der Waals surface area contributed by atoms with Gasteiger partial charge in [0.25, 0.3) is 0 Å². The van der Waals surface area contributed by atoms with Gasteiger partial charge in [-0.2, -0.15) is 5.26 Å². The number of nitriles is 1. The Labute approximate surface area is 160 Å². The fraction of sp³-hybridized carbons (Fsp3) is 0.0952. The number of aryl methyl sites for hydroxylation is 2. The van der Waals surface area contributed by atoms with Crippen LogP contribution in [-0.4, -0.2) is 16.3 Å². The number of fused-ring (bicyclic) bond motifs is 1. The third-order valence-corrected chi connectivity index (χ3v) is 5.67. The van der Waals surface area contributed by atoms with Gasteiger partial charge in [0.1, 0.15) is 6.07 Å². The van der Waals surface area contributed by atoms with Gasteiger partial charge in [0.15, 0.2) is 6.29 Å². The van der Waals surface area contributed by atoms with E-state index in [1.807, 2.05) is 44.3 Å². The Kier molecular flexibility index (Phi) is 4.22. The molecule has 0 fully saturated rings. The number of carbonyl (C=O) groups is 1. The van der Waals surface area contributed by atoms with E-state index in [-0.39, 0.29) is 0 Å². The number of H-pyrrole nitrogens is 1. The fourth-order valence-electron chi connectivity index (χ4n) is 3.23. The van der Waals surface area contributed by atoms with Gasteiger partial charge in [-0.1, -0.05) is 0 Å². The predicted octanol–water partition coefficient (Wildman–Crippen LogP) is 5.34. The minimum Gasteiger partial charge on any atom is -0.361 e. The molecule has 5 nitrogen and oxygen atoms in total. The third-order valence-electron chi connectivity index (χ3n) is 4.64. The van der Waals surface area contributed by atoms with Crippen LogP contribution >= 0.6 is 11.3 Å². The number of hydrogen-bond donors (Lipinski definition) is 2.